The van der Waals surface area contributed by atoms with Gasteiger partial charge in [0.25, 0.3) is 5.91 Å². The van der Waals surface area contributed by atoms with Crippen molar-refractivity contribution in [3.8, 4) is 5.75 Å². The number of thiocarbonyl (C=S) groups is 1. The van der Waals surface area contributed by atoms with Crippen molar-refractivity contribution < 1.29 is 13.9 Å². The number of rotatable bonds is 3. The maximum atomic E-state index is 13.5. The molecule has 2 rings (SSSR count). The van der Waals surface area contributed by atoms with E-state index in [9.17, 15) is 9.18 Å². The van der Waals surface area contributed by atoms with E-state index >= 15 is 0 Å². The number of amides is 1. The average Bonchev–Trinajstić information content (AvgIpc) is 2.49. The Hall–Kier alpha value is -1.99. The van der Waals surface area contributed by atoms with Crippen molar-refractivity contribution in [2.24, 2.45) is 0 Å². The number of hydrogen-bond donors (Lipinski definition) is 2. The third-order valence-corrected chi connectivity index (χ3v) is 3.59. The summed E-state index contributed by atoms with van der Waals surface area (Å²) in [5.74, 6) is -0.243. The fraction of sp³-hybridized carbons (Fsp3) is 0.0667. The van der Waals surface area contributed by atoms with Crippen LogP contribution in [-0.2, 0) is 0 Å². The van der Waals surface area contributed by atoms with Crippen LogP contribution >= 0.6 is 28.1 Å². The number of para-hydroxylation sites is 1. The standard InChI is InChI=1S/C15H12BrFN2O2S/c1-21-13-7-6-9(8-10(13)16)14(20)19-15(22)18-12-5-3-2-4-11(12)17/h2-8H,1H3,(H2,18,19,20,22). The summed E-state index contributed by atoms with van der Waals surface area (Å²) in [5.41, 5.74) is 0.592. The molecule has 4 nitrogen and oxygen atoms in total. The minimum absolute atomic E-state index is 0.0158. The van der Waals surface area contributed by atoms with Gasteiger partial charge in [-0.05, 0) is 58.5 Å². The zero-order valence-electron chi connectivity index (χ0n) is 11.5. The second-order valence-corrected chi connectivity index (χ2v) is 5.50. The van der Waals surface area contributed by atoms with E-state index in [-0.39, 0.29) is 10.8 Å². The largest absolute Gasteiger partial charge is 0.496 e. The third kappa shape index (κ3) is 4.02. The van der Waals surface area contributed by atoms with Gasteiger partial charge in [-0.2, -0.15) is 0 Å². The molecular formula is C15H12BrFN2O2S. The third-order valence-electron chi connectivity index (χ3n) is 2.76. The summed E-state index contributed by atoms with van der Waals surface area (Å²) in [5, 5.41) is 5.14. The maximum absolute atomic E-state index is 13.5. The van der Waals surface area contributed by atoms with Gasteiger partial charge < -0.3 is 10.1 Å². The van der Waals surface area contributed by atoms with Crippen molar-refractivity contribution >= 4 is 44.9 Å². The van der Waals surface area contributed by atoms with Crippen molar-refractivity contribution in [3.05, 3.63) is 58.3 Å². The van der Waals surface area contributed by atoms with Gasteiger partial charge in [0.15, 0.2) is 5.11 Å². The number of benzene rings is 2. The fourth-order valence-electron chi connectivity index (χ4n) is 1.70. The minimum Gasteiger partial charge on any atom is -0.496 e. The lowest BCUT2D eigenvalue weighted by Gasteiger charge is -2.11. The average molecular weight is 383 g/mol. The van der Waals surface area contributed by atoms with E-state index in [1.54, 1.807) is 30.3 Å². The number of carbonyl (C=O) groups is 1. The topological polar surface area (TPSA) is 50.4 Å². The van der Waals surface area contributed by atoms with Crippen LogP contribution in [0.3, 0.4) is 0 Å². The Kier molecular flexibility index (Phi) is 5.46. The van der Waals surface area contributed by atoms with E-state index < -0.39 is 11.7 Å². The van der Waals surface area contributed by atoms with Gasteiger partial charge >= 0.3 is 0 Å². The van der Waals surface area contributed by atoms with Crippen LogP contribution < -0.4 is 15.4 Å². The molecule has 0 aliphatic heterocycles. The number of anilines is 1. The second kappa shape index (κ2) is 7.33. The van der Waals surface area contributed by atoms with E-state index in [1.807, 2.05) is 0 Å². The lowest BCUT2D eigenvalue weighted by Crippen LogP contribution is -2.34. The van der Waals surface area contributed by atoms with E-state index in [0.29, 0.717) is 15.8 Å². The summed E-state index contributed by atoms with van der Waals surface area (Å²) in [6.07, 6.45) is 0. The Morgan fingerprint density at radius 2 is 2.00 bits per heavy atom. The summed E-state index contributed by atoms with van der Waals surface area (Å²) in [7, 11) is 1.54. The van der Waals surface area contributed by atoms with Gasteiger partial charge in [-0.25, -0.2) is 4.39 Å². The monoisotopic (exact) mass is 382 g/mol. The summed E-state index contributed by atoms with van der Waals surface area (Å²) < 4.78 is 19.2. The highest BCUT2D eigenvalue weighted by Crippen LogP contribution is 2.25. The molecule has 2 N–H and O–H groups in total. The van der Waals surface area contributed by atoms with Crippen LogP contribution in [0.1, 0.15) is 10.4 Å². The zero-order chi connectivity index (χ0) is 16.1. The number of methoxy groups -OCH3 is 1. The SMILES string of the molecule is COc1ccc(C(=O)NC(=S)Nc2ccccc2F)cc1Br. The first-order chi connectivity index (χ1) is 10.5. The summed E-state index contributed by atoms with van der Waals surface area (Å²) in [6.45, 7) is 0. The maximum Gasteiger partial charge on any atom is 0.257 e. The normalized spacial score (nSPS) is 9.95. The molecule has 0 unspecified atom stereocenters. The zero-order valence-corrected chi connectivity index (χ0v) is 13.9. The van der Waals surface area contributed by atoms with E-state index in [0.717, 1.165) is 0 Å². The Labute approximate surface area is 140 Å². The molecule has 0 atom stereocenters. The van der Waals surface area contributed by atoms with Gasteiger partial charge in [-0.1, -0.05) is 12.1 Å². The Morgan fingerprint density at radius 3 is 2.64 bits per heavy atom. The fourth-order valence-corrected chi connectivity index (χ4v) is 2.44. The number of ether oxygens (including phenoxy) is 1. The number of hydrogen-bond acceptors (Lipinski definition) is 3. The molecule has 1 amide bonds. The summed E-state index contributed by atoms with van der Waals surface area (Å²) >= 11 is 8.31. The highest BCUT2D eigenvalue weighted by atomic mass is 79.9. The van der Waals surface area contributed by atoms with Gasteiger partial charge in [0.05, 0.1) is 17.3 Å². The first-order valence-corrected chi connectivity index (χ1v) is 7.42. The van der Waals surface area contributed by atoms with E-state index in [2.05, 4.69) is 26.6 Å². The van der Waals surface area contributed by atoms with Crippen LogP contribution in [0.15, 0.2) is 46.9 Å². The molecule has 0 saturated heterocycles. The van der Waals surface area contributed by atoms with Crippen molar-refractivity contribution in [2.45, 2.75) is 0 Å². The lowest BCUT2D eigenvalue weighted by molar-refractivity contribution is 0.0977. The molecule has 2 aromatic carbocycles. The van der Waals surface area contributed by atoms with Crippen molar-refractivity contribution in [2.75, 3.05) is 12.4 Å². The van der Waals surface area contributed by atoms with Crippen LogP contribution in [0.4, 0.5) is 10.1 Å². The Bertz CT molecular complexity index is 724. The molecule has 0 aliphatic rings. The number of carbonyl (C=O) groups excluding carboxylic acids is 1. The predicted molar refractivity (Wildman–Crippen MR) is 90.8 cm³/mol. The van der Waals surface area contributed by atoms with Crippen LogP contribution in [0.2, 0.25) is 0 Å². The molecular weight excluding hydrogens is 371 g/mol. The highest BCUT2D eigenvalue weighted by molar-refractivity contribution is 9.10. The first-order valence-electron chi connectivity index (χ1n) is 6.21. The van der Waals surface area contributed by atoms with E-state index in [1.165, 1.54) is 19.2 Å². The molecule has 0 bridgehead atoms. The molecule has 22 heavy (non-hydrogen) atoms. The van der Waals surface area contributed by atoms with Gasteiger partial charge in [0, 0.05) is 5.56 Å². The molecule has 0 aliphatic carbocycles. The number of halogens is 2. The predicted octanol–water partition coefficient (Wildman–Crippen LogP) is 3.72. The Morgan fingerprint density at radius 1 is 1.27 bits per heavy atom. The molecule has 0 spiro atoms. The molecule has 7 heteroatoms. The van der Waals surface area contributed by atoms with Crippen LogP contribution in [0.5, 0.6) is 5.75 Å². The molecule has 0 fully saturated rings. The highest BCUT2D eigenvalue weighted by Gasteiger charge is 2.11. The smallest absolute Gasteiger partial charge is 0.257 e. The summed E-state index contributed by atoms with van der Waals surface area (Å²) in [6, 6.07) is 10.9. The summed E-state index contributed by atoms with van der Waals surface area (Å²) in [4.78, 5) is 12.1. The molecule has 0 aromatic heterocycles. The van der Waals surface area contributed by atoms with Crippen molar-refractivity contribution in [1.82, 2.24) is 5.32 Å². The second-order valence-electron chi connectivity index (χ2n) is 4.24. The van der Waals surface area contributed by atoms with Crippen molar-refractivity contribution in [3.63, 3.8) is 0 Å². The molecule has 0 radical (unpaired) electrons. The number of nitrogens with one attached hydrogen (secondary N) is 2. The van der Waals surface area contributed by atoms with E-state index in [4.69, 9.17) is 17.0 Å². The molecule has 2 aromatic rings. The minimum atomic E-state index is -0.453. The van der Waals surface area contributed by atoms with Crippen LogP contribution in [0.25, 0.3) is 0 Å². The van der Waals surface area contributed by atoms with Gasteiger partial charge in [-0.15, -0.1) is 0 Å². The van der Waals surface area contributed by atoms with Gasteiger partial charge in [0.2, 0.25) is 0 Å². The van der Waals surface area contributed by atoms with Gasteiger partial charge in [-0.3, -0.25) is 10.1 Å². The van der Waals surface area contributed by atoms with Crippen molar-refractivity contribution in [1.29, 1.82) is 0 Å². The van der Waals surface area contributed by atoms with Crippen LogP contribution in [0, 0.1) is 5.82 Å². The lowest BCUT2D eigenvalue weighted by atomic mass is 10.2. The first kappa shape index (κ1) is 16.4. The molecule has 0 saturated carbocycles. The Balaban J connectivity index is 2.04. The van der Waals surface area contributed by atoms with Gasteiger partial charge in [0.1, 0.15) is 11.6 Å². The quantitative estimate of drug-likeness (QED) is 0.794. The molecule has 114 valence electrons. The molecule has 0 heterocycles. The van der Waals surface area contributed by atoms with Crippen LogP contribution in [-0.4, -0.2) is 18.1 Å².